The number of allylic oxidation sites excluding steroid dienone is 1. The first-order valence-electron chi connectivity index (χ1n) is 3.66. The van der Waals surface area contributed by atoms with Gasteiger partial charge in [-0.15, -0.1) is 11.8 Å². The first-order chi connectivity index (χ1) is 6.20. The second kappa shape index (κ2) is 3.43. The van der Waals surface area contributed by atoms with Crippen LogP contribution in [-0.4, -0.2) is 36.2 Å². The van der Waals surface area contributed by atoms with E-state index in [9.17, 15) is 13.2 Å². The highest BCUT2D eigenvalue weighted by Gasteiger charge is 2.53. The average molecular weight is 246 g/mol. The van der Waals surface area contributed by atoms with Gasteiger partial charge < -0.3 is 0 Å². The minimum absolute atomic E-state index is 0.226. The molecule has 80 valence electrons. The van der Waals surface area contributed by atoms with E-state index in [2.05, 4.69) is 5.10 Å². The summed E-state index contributed by atoms with van der Waals surface area (Å²) in [7, 11) is 2.68. The third kappa shape index (κ3) is 1.92. The first kappa shape index (κ1) is 11.9. The molecule has 0 bridgehead atoms. The minimum atomic E-state index is -4.44. The average Bonchev–Trinajstić information content (AvgIpc) is 2.19. The number of hydrogen-bond donors (Lipinski definition) is 0. The fourth-order valence-corrected chi connectivity index (χ4v) is 2.37. The van der Waals surface area contributed by atoms with Crippen molar-refractivity contribution < 1.29 is 17.8 Å². The molecule has 1 rings (SSSR count). The van der Waals surface area contributed by atoms with E-state index in [1.54, 1.807) is 6.26 Å². The van der Waals surface area contributed by atoms with Gasteiger partial charge in [-0.05, 0) is 6.26 Å². The van der Waals surface area contributed by atoms with E-state index in [0.717, 1.165) is 11.8 Å². The van der Waals surface area contributed by atoms with Gasteiger partial charge in [-0.2, -0.15) is 17.8 Å². The van der Waals surface area contributed by atoms with Crippen molar-refractivity contribution in [2.24, 2.45) is 5.10 Å². The molecule has 0 N–H and O–H groups in total. The van der Waals surface area contributed by atoms with Gasteiger partial charge in [0.2, 0.25) is 0 Å². The number of quaternary nitrogens is 1. The van der Waals surface area contributed by atoms with Crippen LogP contribution in [0.15, 0.2) is 15.8 Å². The second-order valence-corrected chi connectivity index (χ2v) is 4.34. The molecule has 1 heterocycles. The van der Waals surface area contributed by atoms with Crippen molar-refractivity contribution in [1.29, 1.82) is 0 Å². The van der Waals surface area contributed by atoms with Gasteiger partial charge in [0.05, 0.1) is 14.1 Å². The maximum atomic E-state index is 12.6. The Morgan fingerprint density at radius 3 is 2.07 bits per heavy atom. The fourth-order valence-electron chi connectivity index (χ4n) is 1.23. The summed E-state index contributed by atoms with van der Waals surface area (Å²) in [6.07, 6.45) is -2.80. The van der Waals surface area contributed by atoms with Crippen molar-refractivity contribution >= 4 is 28.4 Å². The monoisotopic (exact) mass is 245 g/mol. The molecule has 0 aromatic rings. The fraction of sp³-hybridized carbons (Fsp3) is 0.571. The molecule has 0 saturated carbocycles. The number of rotatable bonds is 0. The van der Waals surface area contributed by atoms with Gasteiger partial charge in [0, 0.05) is 0 Å². The Kier molecular flexibility index (Phi) is 2.91. The van der Waals surface area contributed by atoms with E-state index in [0.29, 0.717) is 0 Å². The highest BCUT2D eigenvalue weighted by molar-refractivity contribution is 8.14. The van der Waals surface area contributed by atoms with Gasteiger partial charge in [-0.25, -0.2) is 0 Å². The lowest BCUT2D eigenvalue weighted by atomic mass is 10.3. The van der Waals surface area contributed by atoms with Crippen LogP contribution >= 0.6 is 23.4 Å². The molecule has 1 aliphatic rings. The van der Waals surface area contributed by atoms with Crippen molar-refractivity contribution in [3.63, 3.8) is 0 Å². The molecule has 1 aliphatic heterocycles. The van der Waals surface area contributed by atoms with Crippen LogP contribution in [0.25, 0.3) is 0 Å². The highest BCUT2D eigenvalue weighted by atomic mass is 35.5. The molecule has 0 unspecified atom stereocenters. The van der Waals surface area contributed by atoms with Crippen LogP contribution in [0.5, 0.6) is 0 Å². The number of hydrogen-bond acceptors (Lipinski definition) is 2. The van der Waals surface area contributed by atoms with E-state index in [-0.39, 0.29) is 10.1 Å². The smallest absolute Gasteiger partial charge is 0.164 e. The highest BCUT2D eigenvalue weighted by Crippen LogP contribution is 2.41. The lowest BCUT2D eigenvalue weighted by Gasteiger charge is -2.21. The molecule has 14 heavy (non-hydrogen) atoms. The van der Waals surface area contributed by atoms with Gasteiger partial charge in [0.1, 0.15) is 5.03 Å². The Morgan fingerprint density at radius 1 is 1.36 bits per heavy atom. The van der Waals surface area contributed by atoms with Crippen molar-refractivity contribution in [2.75, 3.05) is 20.4 Å². The number of alkyl halides is 3. The third-order valence-electron chi connectivity index (χ3n) is 1.75. The molecule has 0 radical (unpaired) electrons. The van der Waals surface area contributed by atoms with E-state index < -0.39 is 16.5 Å². The van der Waals surface area contributed by atoms with E-state index in [4.69, 9.17) is 11.6 Å². The summed E-state index contributed by atoms with van der Waals surface area (Å²) in [5.74, 6) is 0. The third-order valence-corrected chi connectivity index (χ3v) is 2.89. The summed E-state index contributed by atoms with van der Waals surface area (Å²) in [6, 6.07) is 0. The van der Waals surface area contributed by atoms with Crippen LogP contribution in [0.3, 0.4) is 0 Å². The zero-order chi connectivity index (χ0) is 11.1. The maximum Gasteiger partial charge on any atom is 0.471 e. The Hall–Kier alpha value is -0.200. The molecule has 0 amide bonds. The Balaban J connectivity index is 3.25. The summed E-state index contributed by atoms with van der Waals surface area (Å²) in [4.78, 5) is 0. The van der Waals surface area contributed by atoms with Gasteiger partial charge in [-0.3, -0.25) is 0 Å². The summed E-state index contributed by atoms with van der Waals surface area (Å²) in [5.41, 5.74) is -0.816. The van der Waals surface area contributed by atoms with E-state index >= 15 is 0 Å². The van der Waals surface area contributed by atoms with Gasteiger partial charge in [0.25, 0.3) is 5.70 Å². The number of thioether (sulfide) groups is 1. The van der Waals surface area contributed by atoms with Gasteiger partial charge in [0.15, 0.2) is 5.04 Å². The molecule has 0 saturated heterocycles. The van der Waals surface area contributed by atoms with Crippen molar-refractivity contribution in [3.8, 4) is 0 Å². The SMILES string of the molecule is CSC1=N[N+](C)(C)C(C(F)(F)F)=C1Cl. The summed E-state index contributed by atoms with van der Waals surface area (Å²) < 4.78 is 37.1. The van der Waals surface area contributed by atoms with Crippen molar-refractivity contribution in [2.45, 2.75) is 6.18 Å². The zero-order valence-electron chi connectivity index (χ0n) is 7.81. The second-order valence-electron chi connectivity index (χ2n) is 3.16. The lowest BCUT2D eigenvalue weighted by molar-refractivity contribution is -0.865. The quantitative estimate of drug-likeness (QED) is 0.598. The Bertz CT molecular complexity index is 319. The van der Waals surface area contributed by atoms with Crippen LogP contribution in [0.1, 0.15) is 0 Å². The van der Waals surface area contributed by atoms with Crippen molar-refractivity contribution in [3.05, 3.63) is 10.7 Å². The van der Waals surface area contributed by atoms with Crippen LogP contribution in [0, 0.1) is 0 Å². The van der Waals surface area contributed by atoms with E-state index in [1.165, 1.54) is 14.1 Å². The predicted octanol–water partition coefficient (Wildman–Crippen LogP) is 2.77. The standard InChI is InChI=1S/C7H9ClF3N2S/c1-13(2)5(7(9,10)11)4(8)6(12-13)14-3/h1-3H3/q+1. The molecular weight excluding hydrogens is 237 g/mol. The first-order valence-corrected chi connectivity index (χ1v) is 5.26. The topological polar surface area (TPSA) is 12.4 Å². The number of nitrogens with zero attached hydrogens (tertiary/aromatic N) is 2. The molecule has 7 heteroatoms. The molecule has 0 aliphatic carbocycles. The number of halogens is 4. The summed E-state index contributed by atoms with van der Waals surface area (Å²) >= 11 is 6.71. The van der Waals surface area contributed by atoms with Gasteiger partial charge >= 0.3 is 6.18 Å². The largest absolute Gasteiger partial charge is 0.471 e. The van der Waals surface area contributed by atoms with Crippen molar-refractivity contribution in [1.82, 2.24) is 0 Å². The minimum Gasteiger partial charge on any atom is -0.164 e. The molecule has 0 aromatic carbocycles. The molecular formula is C7H9ClF3N2S+. The van der Waals surface area contributed by atoms with Crippen LogP contribution in [-0.2, 0) is 0 Å². The predicted molar refractivity (Wildman–Crippen MR) is 52.0 cm³/mol. The summed E-state index contributed by atoms with van der Waals surface area (Å²) in [5, 5.41) is 3.79. The molecule has 0 aromatic heterocycles. The Morgan fingerprint density at radius 2 is 1.86 bits per heavy atom. The van der Waals surface area contributed by atoms with Crippen LogP contribution in [0.2, 0.25) is 0 Å². The normalized spacial score (nSPS) is 21.5. The molecule has 0 fully saturated rings. The van der Waals surface area contributed by atoms with E-state index in [1.807, 2.05) is 0 Å². The van der Waals surface area contributed by atoms with Crippen LogP contribution in [0.4, 0.5) is 13.2 Å². The van der Waals surface area contributed by atoms with Crippen LogP contribution < -0.4 is 0 Å². The van der Waals surface area contributed by atoms with Gasteiger partial charge in [-0.1, -0.05) is 16.7 Å². The lowest BCUT2D eigenvalue weighted by Crippen LogP contribution is -2.37. The summed E-state index contributed by atoms with van der Waals surface area (Å²) in [6.45, 7) is 0. The Labute approximate surface area is 89.0 Å². The molecule has 0 spiro atoms. The molecule has 2 nitrogen and oxygen atoms in total. The zero-order valence-corrected chi connectivity index (χ0v) is 9.39. The molecule has 0 atom stereocenters. The maximum absolute atomic E-state index is 12.6.